The molecule has 0 saturated carbocycles. The van der Waals surface area contributed by atoms with Crippen molar-refractivity contribution < 1.29 is 9.90 Å². The highest BCUT2D eigenvalue weighted by molar-refractivity contribution is 6.45. The summed E-state index contributed by atoms with van der Waals surface area (Å²) in [6.45, 7) is 0.0676. The van der Waals surface area contributed by atoms with Gasteiger partial charge in [0.05, 0.1) is 21.8 Å². The molecule has 3 aromatic rings. The molecule has 25 heavy (non-hydrogen) atoms. The normalized spacial score (nSPS) is 16.8. The fourth-order valence-corrected chi connectivity index (χ4v) is 4.04. The average Bonchev–Trinajstić information content (AvgIpc) is 3.23. The fraction of sp³-hybridized carbons (Fsp3) is 0.294. The number of nitrogens with zero attached hydrogens (tertiary/aromatic N) is 2. The van der Waals surface area contributed by atoms with Crippen LogP contribution in [-0.4, -0.2) is 38.4 Å². The van der Waals surface area contributed by atoms with Crippen LogP contribution in [0.15, 0.2) is 24.5 Å². The van der Waals surface area contributed by atoms with E-state index in [1.54, 1.807) is 12.3 Å². The number of halogens is 2. The molecule has 0 radical (unpaired) electrons. The van der Waals surface area contributed by atoms with Crippen molar-refractivity contribution in [3.63, 3.8) is 0 Å². The van der Waals surface area contributed by atoms with Gasteiger partial charge in [0.2, 0.25) is 5.91 Å². The van der Waals surface area contributed by atoms with E-state index in [2.05, 4.69) is 20.1 Å². The Hall–Kier alpha value is -2.02. The van der Waals surface area contributed by atoms with Crippen molar-refractivity contribution in [1.29, 1.82) is 0 Å². The molecule has 1 aliphatic rings. The number of amides is 1. The van der Waals surface area contributed by atoms with Gasteiger partial charge in [-0.2, -0.15) is 5.10 Å². The van der Waals surface area contributed by atoms with Gasteiger partial charge in [0.25, 0.3) is 0 Å². The Morgan fingerprint density at radius 1 is 1.44 bits per heavy atom. The summed E-state index contributed by atoms with van der Waals surface area (Å²) in [7, 11) is 0. The van der Waals surface area contributed by atoms with Crippen LogP contribution in [0, 0.1) is 0 Å². The van der Waals surface area contributed by atoms with Gasteiger partial charge in [0, 0.05) is 41.0 Å². The minimum Gasteiger partial charge on any atom is -0.387 e. The molecule has 0 aliphatic carbocycles. The average molecular weight is 379 g/mol. The number of aromatic nitrogens is 3. The third kappa shape index (κ3) is 2.70. The Morgan fingerprint density at radius 3 is 3.00 bits per heavy atom. The quantitative estimate of drug-likeness (QED) is 0.655. The van der Waals surface area contributed by atoms with Crippen LogP contribution in [-0.2, 0) is 17.8 Å². The molecule has 0 fully saturated rings. The van der Waals surface area contributed by atoms with E-state index >= 15 is 0 Å². The molecule has 6 nitrogen and oxygen atoms in total. The molecule has 3 N–H and O–H groups in total. The van der Waals surface area contributed by atoms with Crippen LogP contribution in [0.2, 0.25) is 10.0 Å². The van der Waals surface area contributed by atoms with E-state index in [1.807, 2.05) is 12.3 Å². The van der Waals surface area contributed by atoms with Crippen LogP contribution in [0.25, 0.3) is 22.0 Å². The second-order valence-corrected chi connectivity index (χ2v) is 6.92. The predicted octanol–water partition coefficient (Wildman–Crippen LogP) is 2.76. The SMILES string of the molecule is O=C(CO)NC1CCc2c(-c3cn[nH]c3)c3ccc(Cl)c(Cl)c3n2C1. The second-order valence-electron chi connectivity index (χ2n) is 6.14. The molecule has 3 heterocycles. The summed E-state index contributed by atoms with van der Waals surface area (Å²) < 4.78 is 2.12. The van der Waals surface area contributed by atoms with Crippen molar-refractivity contribution in [3.05, 3.63) is 40.3 Å². The molecule has 1 aliphatic heterocycles. The van der Waals surface area contributed by atoms with Crippen molar-refractivity contribution in [2.45, 2.75) is 25.4 Å². The summed E-state index contributed by atoms with van der Waals surface area (Å²) in [6, 6.07) is 3.71. The lowest BCUT2D eigenvalue weighted by Gasteiger charge is -2.27. The maximum absolute atomic E-state index is 11.5. The molecule has 1 atom stereocenters. The summed E-state index contributed by atoms with van der Waals surface area (Å²) in [6.07, 6.45) is 5.22. The van der Waals surface area contributed by atoms with E-state index in [0.717, 1.165) is 40.6 Å². The minimum atomic E-state index is -0.511. The van der Waals surface area contributed by atoms with Crippen molar-refractivity contribution in [2.24, 2.45) is 0 Å². The zero-order valence-electron chi connectivity index (χ0n) is 13.2. The van der Waals surface area contributed by atoms with Crippen molar-refractivity contribution >= 4 is 40.0 Å². The number of hydrogen-bond acceptors (Lipinski definition) is 3. The number of benzene rings is 1. The summed E-state index contributed by atoms with van der Waals surface area (Å²) in [4.78, 5) is 11.5. The Morgan fingerprint density at radius 2 is 2.28 bits per heavy atom. The van der Waals surface area contributed by atoms with Crippen LogP contribution in [0.5, 0.6) is 0 Å². The van der Waals surface area contributed by atoms with Crippen molar-refractivity contribution in [2.75, 3.05) is 6.61 Å². The number of rotatable bonds is 3. The Bertz CT molecular complexity index is 950. The molecule has 2 aromatic heterocycles. The summed E-state index contributed by atoms with van der Waals surface area (Å²) in [5.74, 6) is -0.371. The van der Waals surface area contributed by atoms with Gasteiger partial charge in [-0.15, -0.1) is 0 Å². The van der Waals surface area contributed by atoms with Crippen molar-refractivity contribution in [3.8, 4) is 11.1 Å². The maximum atomic E-state index is 11.5. The number of aliphatic hydroxyl groups is 1. The number of carbonyl (C=O) groups is 1. The lowest BCUT2D eigenvalue weighted by atomic mass is 9.99. The lowest BCUT2D eigenvalue weighted by Crippen LogP contribution is -2.42. The van der Waals surface area contributed by atoms with Gasteiger partial charge in [-0.3, -0.25) is 9.89 Å². The molecule has 0 bridgehead atoms. The van der Waals surface area contributed by atoms with E-state index in [-0.39, 0.29) is 11.9 Å². The molecular weight excluding hydrogens is 363 g/mol. The molecule has 1 aromatic carbocycles. The highest BCUT2D eigenvalue weighted by Gasteiger charge is 2.28. The van der Waals surface area contributed by atoms with Gasteiger partial charge >= 0.3 is 0 Å². The number of hydrogen-bond donors (Lipinski definition) is 3. The summed E-state index contributed by atoms with van der Waals surface area (Å²) in [5.41, 5.74) is 4.10. The monoisotopic (exact) mass is 378 g/mol. The third-order valence-corrected chi connectivity index (χ3v) is 5.45. The maximum Gasteiger partial charge on any atom is 0.245 e. The zero-order valence-corrected chi connectivity index (χ0v) is 14.7. The number of carbonyl (C=O) groups excluding carboxylic acids is 1. The largest absolute Gasteiger partial charge is 0.387 e. The molecule has 1 amide bonds. The molecule has 1 unspecified atom stereocenters. The minimum absolute atomic E-state index is 0.0602. The molecule has 0 spiro atoms. The van der Waals surface area contributed by atoms with Crippen LogP contribution < -0.4 is 5.32 Å². The van der Waals surface area contributed by atoms with Crippen LogP contribution in [0.1, 0.15) is 12.1 Å². The molecular formula is C17H16Cl2N4O2. The standard InChI is InChI=1S/C17H16Cl2N4O2/c18-12-3-2-11-15(9-5-20-21-6-9)13-4-1-10(22-14(25)8-24)7-23(13)17(11)16(12)19/h2-3,5-6,10,24H,1,4,7-8H2,(H,20,21)(H,22,25). The lowest BCUT2D eigenvalue weighted by molar-refractivity contribution is -0.124. The van der Waals surface area contributed by atoms with E-state index in [4.69, 9.17) is 28.3 Å². The Kier molecular flexibility index (Phi) is 4.19. The van der Waals surface area contributed by atoms with E-state index < -0.39 is 6.61 Å². The first-order chi connectivity index (χ1) is 12.1. The molecule has 0 saturated heterocycles. The third-order valence-electron chi connectivity index (χ3n) is 4.65. The van der Waals surface area contributed by atoms with Gasteiger partial charge < -0.3 is 15.0 Å². The highest BCUT2D eigenvalue weighted by Crippen LogP contribution is 2.42. The van der Waals surface area contributed by atoms with Crippen molar-refractivity contribution in [1.82, 2.24) is 20.1 Å². The van der Waals surface area contributed by atoms with E-state index in [0.29, 0.717) is 16.6 Å². The number of aliphatic hydroxyl groups excluding tert-OH is 1. The molecule has 4 rings (SSSR count). The summed E-state index contributed by atoms with van der Waals surface area (Å²) >= 11 is 12.8. The van der Waals surface area contributed by atoms with Gasteiger partial charge in [0.1, 0.15) is 6.61 Å². The first kappa shape index (κ1) is 16.4. The van der Waals surface area contributed by atoms with Crippen LogP contribution >= 0.6 is 23.2 Å². The van der Waals surface area contributed by atoms with Crippen LogP contribution in [0.4, 0.5) is 0 Å². The first-order valence-corrected chi connectivity index (χ1v) is 8.74. The molecule has 130 valence electrons. The number of fused-ring (bicyclic) bond motifs is 3. The van der Waals surface area contributed by atoms with Gasteiger partial charge in [0.15, 0.2) is 0 Å². The fourth-order valence-electron chi connectivity index (χ4n) is 3.62. The Balaban J connectivity index is 1.89. The van der Waals surface area contributed by atoms with Gasteiger partial charge in [-0.1, -0.05) is 29.3 Å². The predicted molar refractivity (Wildman–Crippen MR) is 96.9 cm³/mol. The molecule has 8 heteroatoms. The summed E-state index contributed by atoms with van der Waals surface area (Å²) in [5, 5.41) is 20.8. The van der Waals surface area contributed by atoms with Gasteiger partial charge in [-0.05, 0) is 18.9 Å². The highest BCUT2D eigenvalue weighted by atomic mass is 35.5. The first-order valence-electron chi connectivity index (χ1n) is 7.98. The smallest absolute Gasteiger partial charge is 0.245 e. The van der Waals surface area contributed by atoms with Crippen LogP contribution in [0.3, 0.4) is 0 Å². The van der Waals surface area contributed by atoms with E-state index in [1.165, 1.54) is 0 Å². The number of nitrogens with one attached hydrogen (secondary N) is 2. The second kappa shape index (κ2) is 6.37. The van der Waals surface area contributed by atoms with E-state index in [9.17, 15) is 4.79 Å². The van der Waals surface area contributed by atoms with Gasteiger partial charge in [-0.25, -0.2) is 0 Å². The topological polar surface area (TPSA) is 82.9 Å². The zero-order chi connectivity index (χ0) is 17.6. The Labute approximate surface area is 153 Å². The number of H-pyrrole nitrogens is 1. The number of aromatic amines is 1.